The van der Waals surface area contributed by atoms with Crippen LogP contribution in [0.5, 0.6) is 0 Å². The standard InChI is InChI=1S/C16H19BrO2/c17-14-10-12(16(15(18)19)8-3-9-16)6-7-13(14)11-4-1-2-5-11/h6-7,10-11H,1-5,8-9H2,(H,18,19). The van der Waals surface area contributed by atoms with Crippen LogP contribution in [0.2, 0.25) is 0 Å². The van der Waals surface area contributed by atoms with Crippen LogP contribution in [-0.2, 0) is 10.2 Å². The van der Waals surface area contributed by atoms with Crippen LogP contribution in [0.4, 0.5) is 0 Å². The first-order valence-electron chi connectivity index (χ1n) is 7.17. The van der Waals surface area contributed by atoms with Gasteiger partial charge in [0, 0.05) is 4.47 Å². The lowest BCUT2D eigenvalue weighted by Gasteiger charge is -2.38. The number of benzene rings is 1. The number of hydrogen-bond acceptors (Lipinski definition) is 1. The SMILES string of the molecule is O=C(O)C1(c2ccc(C3CCCC3)c(Br)c2)CCC1. The second-order valence-electron chi connectivity index (χ2n) is 5.96. The van der Waals surface area contributed by atoms with E-state index < -0.39 is 11.4 Å². The van der Waals surface area contributed by atoms with E-state index in [0.29, 0.717) is 5.92 Å². The molecule has 0 bridgehead atoms. The smallest absolute Gasteiger partial charge is 0.314 e. The van der Waals surface area contributed by atoms with Crippen LogP contribution >= 0.6 is 15.9 Å². The van der Waals surface area contributed by atoms with Crippen LogP contribution < -0.4 is 0 Å². The molecule has 102 valence electrons. The number of rotatable bonds is 3. The number of halogens is 1. The van der Waals surface area contributed by atoms with E-state index in [9.17, 15) is 9.90 Å². The molecule has 0 unspecified atom stereocenters. The molecule has 0 amide bonds. The summed E-state index contributed by atoms with van der Waals surface area (Å²) in [6.45, 7) is 0. The van der Waals surface area contributed by atoms with Gasteiger partial charge >= 0.3 is 5.97 Å². The molecule has 0 aliphatic heterocycles. The van der Waals surface area contributed by atoms with E-state index in [0.717, 1.165) is 29.3 Å². The normalized spacial score (nSPS) is 22.2. The maximum atomic E-state index is 11.5. The zero-order valence-electron chi connectivity index (χ0n) is 11.0. The van der Waals surface area contributed by atoms with Crippen LogP contribution in [-0.4, -0.2) is 11.1 Å². The van der Waals surface area contributed by atoms with Gasteiger partial charge < -0.3 is 5.11 Å². The Kier molecular flexibility index (Phi) is 3.42. The van der Waals surface area contributed by atoms with Gasteiger partial charge in [0.05, 0.1) is 5.41 Å². The molecule has 0 saturated heterocycles. The molecule has 1 aromatic rings. The summed E-state index contributed by atoms with van der Waals surface area (Å²) in [6.07, 6.45) is 7.74. The van der Waals surface area contributed by atoms with Crippen molar-refractivity contribution in [3.8, 4) is 0 Å². The van der Waals surface area contributed by atoms with Crippen LogP contribution in [0.15, 0.2) is 22.7 Å². The number of carbonyl (C=O) groups is 1. The summed E-state index contributed by atoms with van der Waals surface area (Å²) in [5, 5.41) is 9.49. The number of hydrogen-bond donors (Lipinski definition) is 1. The Balaban J connectivity index is 1.92. The Hall–Kier alpha value is -0.830. The molecule has 0 heterocycles. The summed E-state index contributed by atoms with van der Waals surface area (Å²) >= 11 is 3.66. The van der Waals surface area contributed by atoms with Gasteiger partial charge in [-0.2, -0.15) is 0 Å². The second kappa shape index (κ2) is 4.93. The maximum Gasteiger partial charge on any atom is 0.314 e. The minimum atomic E-state index is -0.667. The first-order chi connectivity index (χ1) is 9.13. The fourth-order valence-electron chi connectivity index (χ4n) is 3.55. The fraction of sp³-hybridized carbons (Fsp3) is 0.562. The van der Waals surface area contributed by atoms with E-state index in [1.165, 1.54) is 31.2 Å². The summed E-state index contributed by atoms with van der Waals surface area (Å²) in [7, 11) is 0. The molecule has 2 aliphatic rings. The van der Waals surface area contributed by atoms with Crippen molar-refractivity contribution in [1.29, 1.82) is 0 Å². The predicted octanol–water partition coefficient (Wildman–Crippen LogP) is 4.61. The molecular weight excluding hydrogens is 304 g/mol. The van der Waals surface area contributed by atoms with Gasteiger partial charge in [-0.25, -0.2) is 0 Å². The van der Waals surface area contributed by atoms with Crippen LogP contribution in [0.25, 0.3) is 0 Å². The molecule has 0 radical (unpaired) electrons. The highest BCUT2D eigenvalue weighted by Crippen LogP contribution is 2.46. The molecule has 1 N–H and O–H groups in total. The molecule has 0 aromatic heterocycles. The summed E-state index contributed by atoms with van der Waals surface area (Å²) < 4.78 is 1.10. The van der Waals surface area contributed by atoms with E-state index in [1.54, 1.807) is 0 Å². The Morgan fingerprint density at radius 3 is 2.37 bits per heavy atom. The van der Waals surface area contributed by atoms with Gasteiger partial charge in [-0.15, -0.1) is 0 Å². The lowest BCUT2D eigenvalue weighted by atomic mass is 9.64. The van der Waals surface area contributed by atoms with Gasteiger partial charge in [0.25, 0.3) is 0 Å². The van der Waals surface area contributed by atoms with Crippen molar-refractivity contribution in [3.63, 3.8) is 0 Å². The van der Waals surface area contributed by atoms with Gasteiger partial charge in [-0.1, -0.05) is 47.3 Å². The Labute approximate surface area is 122 Å². The minimum absolute atomic E-state index is 0.614. The van der Waals surface area contributed by atoms with Crippen molar-refractivity contribution in [1.82, 2.24) is 0 Å². The third-order valence-corrected chi connectivity index (χ3v) is 5.65. The molecule has 0 spiro atoms. The van der Waals surface area contributed by atoms with Gasteiger partial charge in [-0.05, 0) is 48.8 Å². The molecule has 2 aliphatic carbocycles. The van der Waals surface area contributed by atoms with Crippen LogP contribution in [0.3, 0.4) is 0 Å². The van der Waals surface area contributed by atoms with Crippen molar-refractivity contribution in [3.05, 3.63) is 33.8 Å². The predicted molar refractivity (Wildman–Crippen MR) is 78.5 cm³/mol. The molecule has 2 nitrogen and oxygen atoms in total. The first-order valence-corrected chi connectivity index (χ1v) is 7.96. The van der Waals surface area contributed by atoms with E-state index in [2.05, 4.69) is 28.1 Å². The molecule has 3 rings (SSSR count). The Morgan fingerprint density at radius 2 is 1.89 bits per heavy atom. The average molecular weight is 323 g/mol. The van der Waals surface area contributed by atoms with E-state index in [-0.39, 0.29) is 0 Å². The molecule has 1 aromatic carbocycles. The fourth-order valence-corrected chi connectivity index (χ4v) is 4.25. The van der Waals surface area contributed by atoms with E-state index in [4.69, 9.17) is 0 Å². The molecule has 19 heavy (non-hydrogen) atoms. The summed E-state index contributed by atoms with van der Waals surface area (Å²) in [5.74, 6) is -0.00939. The highest BCUT2D eigenvalue weighted by molar-refractivity contribution is 9.10. The largest absolute Gasteiger partial charge is 0.481 e. The second-order valence-corrected chi connectivity index (χ2v) is 6.81. The first kappa shape index (κ1) is 13.2. The summed E-state index contributed by atoms with van der Waals surface area (Å²) in [4.78, 5) is 11.5. The van der Waals surface area contributed by atoms with Crippen LogP contribution in [0, 0.1) is 0 Å². The molecule has 3 heteroatoms. The highest BCUT2D eigenvalue weighted by atomic mass is 79.9. The number of carboxylic acid groups (broad SMARTS) is 1. The third-order valence-electron chi connectivity index (χ3n) is 4.96. The van der Waals surface area contributed by atoms with Crippen molar-refractivity contribution in [2.45, 2.75) is 56.3 Å². The lowest BCUT2D eigenvalue weighted by molar-refractivity contribution is -0.147. The topological polar surface area (TPSA) is 37.3 Å². The van der Waals surface area contributed by atoms with Crippen molar-refractivity contribution >= 4 is 21.9 Å². The zero-order valence-corrected chi connectivity index (χ0v) is 12.6. The number of carboxylic acids is 1. The lowest BCUT2D eigenvalue weighted by Crippen LogP contribution is -2.42. The molecular formula is C16H19BrO2. The van der Waals surface area contributed by atoms with Crippen molar-refractivity contribution in [2.75, 3.05) is 0 Å². The Morgan fingerprint density at radius 1 is 1.21 bits per heavy atom. The summed E-state index contributed by atoms with van der Waals surface area (Å²) in [5.41, 5.74) is 1.72. The third kappa shape index (κ3) is 2.12. The maximum absolute atomic E-state index is 11.5. The van der Waals surface area contributed by atoms with E-state index >= 15 is 0 Å². The van der Waals surface area contributed by atoms with Crippen LogP contribution in [0.1, 0.15) is 62.0 Å². The Bertz CT molecular complexity index is 499. The number of aliphatic carboxylic acids is 1. The zero-order chi connectivity index (χ0) is 13.5. The van der Waals surface area contributed by atoms with Crippen molar-refractivity contribution in [2.24, 2.45) is 0 Å². The molecule has 0 atom stereocenters. The van der Waals surface area contributed by atoms with Gasteiger partial charge in [-0.3, -0.25) is 4.79 Å². The monoisotopic (exact) mass is 322 g/mol. The summed E-state index contributed by atoms with van der Waals surface area (Å²) in [6, 6.07) is 6.26. The van der Waals surface area contributed by atoms with Gasteiger partial charge in [0.2, 0.25) is 0 Å². The average Bonchev–Trinajstić information content (AvgIpc) is 2.80. The minimum Gasteiger partial charge on any atom is -0.481 e. The van der Waals surface area contributed by atoms with Gasteiger partial charge in [0.15, 0.2) is 0 Å². The quantitative estimate of drug-likeness (QED) is 0.882. The molecule has 2 saturated carbocycles. The van der Waals surface area contributed by atoms with Gasteiger partial charge in [0.1, 0.15) is 0 Å². The van der Waals surface area contributed by atoms with Crippen molar-refractivity contribution < 1.29 is 9.90 Å². The highest BCUT2D eigenvalue weighted by Gasteiger charge is 2.46. The van der Waals surface area contributed by atoms with E-state index in [1.807, 2.05) is 6.07 Å². The molecule has 2 fully saturated rings.